The second kappa shape index (κ2) is 6.97. The van der Waals surface area contributed by atoms with Crippen molar-refractivity contribution in [2.45, 2.75) is 6.42 Å². The van der Waals surface area contributed by atoms with Gasteiger partial charge in [-0.25, -0.2) is 14.4 Å². The molecule has 0 amide bonds. The van der Waals surface area contributed by atoms with Crippen LogP contribution in [0.25, 0.3) is 28.0 Å². The number of allylic oxidation sites excluding steroid dienone is 4. The van der Waals surface area contributed by atoms with Crippen LogP contribution >= 0.6 is 0 Å². The minimum atomic E-state index is -0.406. The van der Waals surface area contributed by atoms with E-state index in [1.807, 2.05) is 56.6 Å². The number of ether oxygens (including phenoxy) is 1. The Morgan fingerprint density at radius 1 is 1.21 bits per heavy atom. The first-order valence-corrected chi connectivity index (χ1v) is 9.66. The fourth-order valence-electron chi connectivity index (χ4n) is 3.75. The molecule has 29 heavy (non-hydrogen) atoms. The Balaban J connectivity index is 1.77. The molecule has 1 aliphatic heterocycles. The van der Waals surface area contributed by atoms with Gasteiger partial charge in [-0.15, -0.1) is 0 Å². The van der Waals surface area contributed by atoms with Gasteiger partial charge in [0.25, 0.3) is 0 Å². The van der Waals surface area contributed by atoms with Gasteiger partial charge in [-0.1, -0.05) is 42.5 Å². The quantitative estimate of drug-likeness (QED) is 0.731. The zero-order valence-corrected chi connectivity index (χ0v) is 16.4. The van der Waals surface area contributed by atoms with Crippen LogP contribution < -0.4 is 15.3 Å². The lowest BCUT2D eigenvalue weighted by atomic mass is 10.0. The number of fused-ring (bicyclic) bond motifs is 3. The van der Waals surface area contributed by atoms with Gasteiger partial charge < -0.3 is 14.6 Å². The zero-order chi connectivity index (χ0) is 20.0. The molecule has 0 bridgehead atoms. The number of H-pyrrole nitrogens is 1. The van der Waals surface area contributed by atoms with Gasteiger partial charge in [0.15, 0.2) is 11.6 Å². The topological polar surface area (TPSA) is 53.5 Å². The second-order valence-electron chi connectivity index (χ2n) is 7.47. The smallest absolute Gasteiger partial charge is 0.177 e. The van der Waals surface area contributed by atoms with Gasteiger partial charge in [0, 0.05) is 12.1 Å². The Morgan fingerprint density at radius 3 is 2.83 bits per heavy atom. The van der Waals surface area contributed by atoms with Gasteiger partial charge in [0.05, 0.1) is 10.9 Å². The number of nitrogens with one attached hydrogen (secondary N) is 1. The maximum Gasteiger partial charge on any atom is 0.177 e. The summed E-state index contributed by atoms with van der Waals surface area (Å²) in [6.45, 7) is 1.24. The monoisotopic (exact) mass is 388 g/mol. The normalized spacial score (nSPS) is 14.8. The maximum absolute atomic E-state index is 15.5. The average Bonchev–Trinajstić information content (AvgIpc) is 3.34. The van der Waals surface area contributed by atoms with Crippen LogP contribution in [0.15, 0.2) is 59.2 Å². The van der Waals surface area contributed by atoms with E-state index in [1.54, 1.807) is 0 Å². The molecular weight excluding hydrogens is 367 g/mol. The van der Waals surface area contributed by atoms with Crippen molar-refractivity contribution in [2.24, 2.45) is 4.99 Å². The van der Waals surface area contributed by atoms with E-state index in [0.29, 0.717) is 35.5 Å². The van der Waals surface area contributed by atoms with Crippen molar-refractivity contribution in [3.05, 3.63) is 70.7 Å². The minimum Gasteiger partial charge on any atom is -0.489 e. The van der Waals surface area contributed by atoms with Gasteiger partial charge in [-0.05, 0) is 32.2 Å². The lowest BCUT2D eigenvalue weighted by molar-refractivity contribution is 0.261. The van der Waals surface area contributed by atoms with E-state index < -0.39 is 5.82 Å². The van der Waals surface area contributed by atoms with Crippen molar-refractivity contribution < 1.29 is 9.13 Å². The van der Waals surface area contributed by atoms with Gasteiger partial charge in [-0.3, -0.25) is 0 Å². The van der Waals surface area contributed by atoms with E-state index in [1.165, 1.54) is 0 Å². The Hall–Kier alpha value is -3.25. The predicted octanol–water partition coefficient (Wildman–Crippen LogP) is 2.94. The van der Waals surface area contributed by atoms with E-state index in [2.05, 4.69) is 25.9 Å². The summed E-state index contributed by atoms with van der Waals surface area (Å²) in [5.74, 6) is 0.839. The van der Waals surface area contributed by atoms with E-state index >= 15 is 4.39 Å². The first-order valence-electron chi connectivity index (χ1n) is 9.66. The Kier molecular flexibility index (Phi) is 4.28. The van der Waals surface area contributed by atoms with Crippen molar-refractivity contribution in [1.29, 1.82) is 0 Å². The molecule has 0 radical (unpaired) electrons. The summed E-state index contributed by atoms with van der Waals surface area (Å²) < 4.78 is 21.7. The third-order valence-corrected chi connectivity index (χ3v) is 5.20. The molecule has 1 N–H and O–H groups in total. The van der Waals surface area contributed by atoms with E-state index in [9.17, 15) is 0 Å². The highest BCUT2D eigenvalue weighted by Gasteiger charge is 2.25. The third kappa shape index (κ3) is 2.96. The SMILES string of the molecule is CN(C)CCOc1c2c(c(F)c3nc(-c4ccccc4)[nH]c13)=NC1=CC=CCC=21. The number of imidazole rings is 1. The molecule has 3 aromatic rings. The van der Waals surface area contributed by atoms with Crippen LogP contribution in [-0.2, 0) is 0 Å². The molecular formula is C23H21FN4O. The lowest BCUT2D eigenvalue weighted by Crippen LogP contribution is -2.31. The molecule has 0 spiro atoms. The number of rotatable bonds is 5. The van der Waals surface area contributed by atoms with Gasteiger partial charge >= 0.3 is 0 Å². The van der Waals surface area contributed by atoms with Crippen LogP contribution in [-0.4, -0.2) is 42.1 Å². The second-order valence-corrected chi connectivity index (χ2v) is 7.47. The summed E-state index contributed by atoms with van der Waals surface area (Å²) in [6.07, 6.45) is 6.63. The van der Waals surface area contributed by atoms with Crippen molar-refractivity contribution >= 4 is 16.6 Å². The Labute approximate surface area is 167 Å². The summed E-state index contributed by atoms with van der Waals surface area (Å²) in [5, 5.41) is 1.07. The van der Waals surface area contributed by atoms with Crippen molar-refractivity contribution in [3.8, 4) is 17.1 Å². The first kappa shape index (κ1) is 17.8. The Bertz CT molecular complexity index is 1290. The molecule has 2 aliphatic rings. The van der Waals surface area contributed by atoms with Gasteiger partial charge in [-0.2, -0.15) is 0 Å². The molecule has 1 aliphatic carbocycles. The van der Waals surface area contributed by atoms with E-state index in [4.69, 9.17) is 4.74 Å². The van der Waals surface area contributed by atoms with Gasteiger partial charge in [0.2, 0.25) is 0 Å². The highest BCUT2D eigenvalue weighted by Crippen LogP contribution is 2.30. The largest absolute Gasteiger partial charge is 0.489 e. The summed E-state index contributed by atoms with van der Waals surface area (Å²) in [6, 6.07) is 9.70. The van der Waals surface area contributed by atoms with Crippen LogP contribution in [0.5, 0.6) is 5.75 Å². The van der Waals surface area contributed by atoms with Gasteiger partial charge in [0.1, 0.15) is 28.8 Å². The van der Waals surface area contributed by atoms with E-state index in [-0.39, 0.29) is 5.52 Å². The van der Waals surface area contributed by atoms with Crippen molar-refractivity contribution in [1.82, 2.24) is 14.9 Å². The molecule has 0 saturated heterocycles. The molecule has 5 nitrogen and oxygen atoms in total. The van der Waals surface area contributed by atoms with E-state index in [0.717, 1.165) is 28.6 Å². The standard InChI is InChI=1S/C23H21FN4O/c1-28(2)12-13-29-22-17-15-10-6-7-11-16(15)25-19(17)18(24)20-21(22)27-23(26-20)14-8-4-3-5-9-14/h3-9,11H,10,12-13H2,1-2H3,(H,26,27). The number of halogens is 1. The van der Waals surface area contributed by atoms with Crippen LogP contribution in [0.4, 0.5) is 4.39 Å². The molecule has 146 valence electrons. The van der Waals surface area contributed by atoms with Crippen molar-refractivity contribution in [3.63, 3.8) is 0 Å². The predicted molar refractivity (Wildman–Crippen MR) is 112 cm³/mol. The van der Waals surface area contributed by atoms with Crippen molar-refractivity contribution in [2.75, 3.05) is 27.2 Å². The highest BCUT2D eigenvalue weighted by molar-refractivity contribution is 5.88. The number of hydrogen-bond acceptors (Lipinski definition) is 4. The molecule has 2 heterocycles. The number of benzene rings is 2. The fourth-order valence-corrected chi connectivity index (χ4v) is 3.75. The molecule has 0 atom stereocenters. The van der Waals surface area contributed by atoms with Crippen LogP contribution in [0, 0.1) is 5.82 Å². The number of nitrogens with zero attached hydrogens (tertiary/aromatic N) is 3. The first-order chi connectivity index (χ1) is 14.1. The number of hydrogen-bond donors (Lipinski definition) is 1. The molecule has 0 unspecified atom stereocenters. The number of aromatic nitrogens is 2. The van der Waals surface area contributed by atoms with Crippen LogP contribution in [0.2, 0.25) is 0 Å². The Morgan fingerprint density at radius 2 is 2.03 bits per heavy atom. The molecule has 2 aromatic carbocycles. The molecule has 0 saturated carbocycles. The number of likely N-dealkylation sites (N-methyl/N-ethyl adjacent to an activating group) is 1. The lowest BCUT2D eigenvalue weighted by Gasteiger charge is -2.13. The molecule has 0 fully saturated rings. The summed E-state index contributed by atoms with van der Waals surface area (Å²) >= 11 is 0. The maximum atomic E-state index is 15.5. The summed E-state index contributed by atoms with van der Waals surface area (Å²) in [5.41, 5.74) is 3.54. The zero-order valence-electron chi connectivity index (χ0n) is 16.4. The molecule has 5 rings (SSSR count). The number of aromatic amines is 1. The minimum absolute atomic E-state index is 0.263. The summed E-state index contributed by atoms with van der Waals surface area (Å²) in [4.78, 5) is 14.5. The molecule has 6 heteroatoms. The third-order valence-electron chi connectivity index (χ3n) is 5.20. The fraction of sp³-hybridized carbons (Fsp3) is 0.217. The highest BCUT2D eigenvalue weighted by atomic mass is 19.1. The van der Waals surface area contributed by atoms with Crippen LogP contribution in [0.1, 0.15) is 6.42 Å². The molecule has 1 aromatic heterocycles. The van der Waals surface area contributed by atoms with Crippen LogP contribution in [0.3, 0.4) is 0 Å². The summed E-state index contributed by atoms with van der Waals surface area (Å²) in [7, 11) is 3.99. The average molecular weight is 388 g/mol.